The molecule has 0 bridgehead atoms. The highest BCUT2D eigenvalue weighted by molar-refractivity contribution is 6.13. The van der Waals surface area contributed by atoms with E-state index in [1.54, 1.807) is 4.42 Å². The minimum absolute atomic E-state index is 0.188. The van der Waals surface area contributed by atoms with Gasteiger partial charge in [0, 0.05) is 12.6 Å². The highest BCUT2D eigenvalue weighted by atomic mass is 35.5. The molecule has 0 amide bonds. The standard InChI is InChI=1S/C6H12ClNO/c1-5-2-6(4-9)8(7)3-5/h5-6,9H,2-4H2,1H3/t5-,6-/m0/s1. The number of halogens is 1. The molecule has 3 heteroatoms. The Labute approximate surface area is 60.5 Å². The lowest BCUT2D eigenvalue weighted by atomic mass is 10.1. The Bertz CT molecular complexity index is 99.1. The Morgan fingerprint density at radius 1 is 1.78 bits per heavy atom. The topological polar surface area (TPSA) is 23.5 Å². The number of hydrogen-bond acceptors (Lipinski definition) is 2. The summed E-state index contributed by atoms with van der Waals surface area (Å²) >= 11 is 5.75. The summed E-state index contributed by atoms with van der Waals surface area (Å²) in [6.07, 6.45) is 1.03. The molecule has 0 aromatic rings. The Morgan fingerprint density at radius 3 is 2.67 bits per heavy atom. The van der Waals surface area contributed by atoms with Crippen molar-refractivity contribution in [2.45, 2.75) is 19.4 Å². The van der Waals surface area contributed by atoms with E-state index in [0.717, 1.165) is 13.0 Å². The molecule has 0 aliphatic carbocycles. The molecule has 2 nitrogen and oxygen atoms in total. The number of nitrogens with zero attached hydrogens (tertiary/aromatic N) is 1. The maximum atomic E-state index is 8.73. The van der Waals surface area contributed by atoms with E-state index in [0.29, 0.717) is 5.92 Å². The molecule has 0 radical (unpaired) electrons. The van der Waals surface area contributed by atoms with Crippen LogP contribution in [0.5, 0.6) is 0 Å². The van der Waals surface area contributed by atoms with Crippen molar-refractivity contribution in [2.24, 2.45) is 5.92 Å². The van der Waals surface area contributed by atoms with Gasteiger partial charge in [-0.15, -0.1) is 0 Å². The van der Waals surface area contributed by atoms with Crippen molar-refractivity contribution in [1.82, 2.24) is 4.42 Å². The van der Waals surface area contributed by atoms with Gasteiger partial charge in [0.15, 0.2) is 0 Å². The van der Waals surface area contributed by atoms with Crippen LogP contribution in [0.1, 0.15) is 13.3 Å². The quantitative estimate of drug-likeness (QED) is 0.559. The molecule has 9 heavy (non-hydrogen) atoms. The average Bonchev–Trinajstić information content (AvgIpc) is 2.10. The smallest absolute Gasteiger partial charge is 0.0600 e. The highest BCUT2D eigenvalue weighted by Crippen LogP contribution is 2.23. The molecule has 1 heterocycles. The zero-order chi connectivity index (χ0) is 6.85. The van der Waals surface area contributed by atoms with Crippen molar-refractivity contribution < 1.29 is 5.11 Å². The second-order valence-electron chi connectivity index (χ2n) is 2.76. The van der Waals surface area contributed by atoms with Gasteiger partial charge in [-0.2, -0.15) is 0 Å². The molecule has 2 atom stereocenters. The zero-order valence-corrected chi connectivity index (χ0v) is 6.30. The molecule has 54 valence electrons. The Balaban J connectivity index is 2.38. The predicted molar refractivity (Wildman–Crippen MR) is 37.2 cm³/mol. The summed E-state index contributed by atoms with van der Waals surface area (Å²) < 4.78 is 1.70. The summed E-state index contributed by atoms with van der Waals surface area (Å²) in [6, 6.07) is 0.196. The van der Waals surface area contributed by atoms with E-state index in [2.05, 4.69) is 6.92 Å². The molecular formula is C6H12ClNO. The van der Waals surface area contributed by atoms with Crippen molar-refractivity contribution in [3.05, 3.63) is 0 Å². The normalized spacial score (nSPS) is 37.7. The van der Waals surface area contributed by atoms with Crippen LogP contribution in [-0.2, 0) is 0 Å². The lowest BCUT2D eigenvalue weighted by Gasteiger charge is -2.11. The minimum atomic E-state index is 0.188. The predicted octanol–water partition coefficient (Wildman–Crippen LogP) is 0.843. The summed E-state index contributed by atoms with van der Waals surface area (Å²) in [5, 5.41) is 8.73. The molecule has 0 unspecified atom stereocenters. The largest absolute Gasteiger partial charge is 0.395 e. The van der Waals surface area contributed by atoms with Crippen molar-refractivity contribution in [3.8, 4) is 0 Å². The van der Waals surface area contributed by atoms with Crippen LogP contribution in [0, 0.1) is 5.92 Å². The van der Waals surface area contributed by atoms with Gasteiger partial charge in [-0.3, -0.25) is 0 Å². The monoisotopic (exact) mass is 149 g/mol. The molecular weight excluding hydrogens is 138 g/mol. The van der Waals surface area contributed by atoms with E-state index in [-0.39, 0.29) is 12.6 Å². The second-order valence-corrected chi connectivity index (χ2v) is 3.19. The average molecular weight is 150 g/mol. The SMILES string of the molecule is C[C@H]1C[C@@H](CO)N(Cl)C1. The Kier molecular flexibility index (Phi) is 2.33. The number of rotatable bonds is 1. The van der Waals surface area contributed by atoms with E-state index in [4.69, 9.17) is 16.9 Å². The first kappa shape index (κ1) is 7.32. The van der Waals surface area contributed by atoms with Crippen LogP contribution in [0.15, 0.2) is 0 Å². The van der Waals surface area contributed by atoms with E-state index < -0.39 is 0 Å². The van der Waals surface area contributed by atoms with Crippen LogP contribution in [0.3, 0.4) is 0 Å². The van der Waals surface area contributed by atoms with Crippen LogP contribution < -0.4 is 0 Å². The van der Waals surface area contributed by atoms with Crippen molar-refractivity contribution >= 4 is 11.8 Å². The van der Waals surface area contributed by atoms with Gasteiger partial charge in [-0.05, 0) is 24.1 Å². The van der Waals surface area contributed by atoms with Gasteiger partial charge >= 0.3 is 0 Å². The van der Waals surface area contributed by atoms with Crippen molar-refractivity contribution in [2.75, 3.05) is 13.2 Å². The molecule has 1 rings (SSSR count). The molecule has 1 aliphatic rings. The lowest BCUT2D eigenvalue weighted by molar-refractivity contribution is 0.217. The van der Waals surface area contributed by atoms with E-state index in [9.17, 15) is 0 Å². The third-order valence-corrected chi connectivity index (χ3v) is 2.18. The minimum Gasteiger partial charge on any atom is -0.395 e. The van der Waals surface area contributed by atoms with Crippen molar-refractivity contribution in [3.63, 3.8) is 0 Å². The first-order chi connectivity index (χ1) is 4.24. The van der Waals surface area contributed by atoms with E-state index in [1.165, 1.54) is 0 Å². The first-order valence-electron chi connectivity index (χ1n) is 3.27. The summed E-state index contributed by atoms with van der Waals surface area (Å²) in [5.41, 5.74) is 0. The molecule has 0 aromatic heterocycles. The number of aliphatic hydroxyl groups excluding tert-OH is 1. The molecule has 1 aliphatic heterocycles. The molecule has 1 saturated heterocycles. The van der Waals surface area contributed by atoms with Crippen LogP contribution in [0.2, 0.25) is 0 Å². The summed E-state index contributed by atoms with van der Waals surface area (Å²) in [5.74, 6) is 0.639. The second kappa shape index (κ2) is 2.86. The molecule has 0 aromatic carbocycles. The number of aliphatic hydroxyl groups is 1. The van der Waals surface area contributed by atoms with Gasteiger partial charge in [0.25, 0.3) is 0 Å². The summed E-state index contributed by atoms with van der Waals surface area (Å²) in [6.45, 7) is 3.24. The molecule has 0 saturated carbocycles. The fourth-order valence-corrected chi connectivity index (χ4v) is 1.64. The lowest BCUT2D eigenvalue weighted by Crippen LogP contribution is -2.23. The maximum Gasteiger partial charge on any atom is 0.0600 e. The molecule has 1 N–H and O–H groups in total. The van der Waals surface area contributed by atoms with Gasteiger partial charge in [0.05, 0.1) is 6.61 Å². The summed E-state index contributed by atoms with van der Waals surface area (Å²) in [4.78, 5) is 0. The van der Waals surface area contributed by atoms with E-state index in [1.807, 2.05) is 0 Å². The Hall–Kier alpha value is 0.210. The van der Waals surface area contributed by atoms with Crippen LogP contribution in [0.25, 0.3) is 0 Å². The fraction of sp³-hybridized carbons (Fsp3) is 1.00. The van der Waals surface area contributed by atoms with Crippen LogP contribution in [-0.4, -0.2) is 28.7 Å². The van der Waals surface area contributed by atoms with Gasteiger partial charge in [-0.1, -0.05) is 6.92 Å². The Morgan fingerprint density at radius 2 is 2.44 bits per heavy atom. The van der Waals surface area contributed by atoms with Gasteiger partial charge in [-0.25, -0.2) is 4.42 Å². The third kappa shape index (κ3) is 1.57. The summed E-state index contributed by atoms with van der Waals surface area (Å²) in [7, 11) is 0. The first-order valence-corrected chi connectivity index (χ1v) is 3.61. The molecule has 0 spiro atoms. The van der Waals surface area contributed by atoms with E-state index >= 15 is 0 Å². The third-order valence-electron chi connectivity index (χ3n) is 1.77. The number of hydrogen-bond donors (Lipinski definition) is 1. The molecule has 1 fully saturated rings. The maximum absolute atomic E-state index is 8.73. The van der Waals surface area contributed by atoms with Crippen LogP contribution >= 0.6 is 11.8 Å². The highest BCUT2D eigenvalue weighted by Gasteiger charge is 2.27. The van der Waals surface area contributed by atoms with Crippen molar-refractivity contribution in [1.29, 1.82) is 0 Å². The fourth-order valence-electron chi connectivity index (χ4n) is 1.26. The van der Waals surface area contributed by atoms with Gasteiger partial charge in [0.1, 0.15) is 0 Å². The van der Waals surface area contributed by atoms with Crippen LogP contribution in [0.4, 0.5) is 0 Å². The van der Waals surface area contributed by atoms with Gasteiger partial charge in [0.2, 0.25) is 0 Å². The zero-order valence-electron chi connectivity index (χ0n) is 5.55. The van der Waals surface area contributed by atoms with Gasteiger partial charge < -0.3 is 5.11 Å².